The first kappa shape index (κ1) is 15.5. The zero-order valence-electron chi connectivity index (χ0n) is 12.2. The van der Waals surface area contributed by atoms with Crippen molar-refractivity contribution in [2.75, 3.05) is 5.32 Å². The first-order chi connectivity index (χ1) is 9.95. The normalized spacial score (nSPS) is 11.8. The van der Waals surface area contributed by atoms with Crippen LogP contribution in [0.15, 0.2) is 41.0 Å². The number of nitrogens with zero attached hydrogens (tertiary/aromatic N) is 1. The van der Waals surface area contributed by atoms with Crippen molar-refractivity contribution in [1.29, 1.82) is 0 Å². The minimum absolute atomic E-state index is 0.236. The molecule has 0 radical (unpaired) electrons. The van der Waals surface area contributed by atoms with Crippen LogP contribution in [0.1, 0.15) is 18.1 Å². The van der Waals surface area contributed by atoms with E-state index >= 15 is 0 Å². The molecular weight excluding hydrogens is 332 g/mol. The number of amides is 1. The average Bonchev–Trinajstić information content (AvgIpc) is 2.41. The van der Waals surface area contributed by atoms with E-state index in [9.17, 15) is 4.79 Å². The second-order valence-corrected chi connectivity index (χ2v) is 5.76. The Bertz CT molecular complexity index is 658. The number of pyridine rings is 1. The summed E-state index contributed by atoms with van der Waals surface area (Å²) in [5.41, 5.74) is 2.16. The minimum Gasteiger partial charge on any atom is -0.480 e. The van der Waals surface area contributed by atoms with Gasteiger partial charge in [0.2, 0.25) is 0 Å². The van der Waals surface area contributed by atoms with E-state index in [1.54, 1.807) is 13.1 Å². The van der Waals surface area contributed by atoms with Crippen molar-refractivity contribution in [3.05, 3.63) is 52.1 Å². The highest BCUT2D eigenvalue weighted by Crippen LogP contribution is 2.26. The van der Waals surface area contributed by atoms with Crippen molar-refractivity contribution in [3.8, 4) is 5.75 Å². The van der Waals surface area contributed by atoms with Crippen LogP contribution in [0.2, 0.25) is 0 Å². The first-order valence-corrected chi connectivity index (χ1v) is 7.41. The standard InChI is InChI=1S/C16H17BrN2O2/c1-10-4-5-14(13(17)8-10)21-12(3)16(20)19-15-9-11(2)6-7-18-15/h4-9,12H,1-3H3,(H,18,19,20). The lowest BCUT2D eigenvalue weighted by Gasteiger charge is -2.15. The van der Waals surface area contributed by atoms with E-state index in [0.29, 0.717) is 11.6 Å². The van der Waals surface area contributed by atoms with Crippen LogP contribution < -0.4 is 10.1 Å². The Balaban J connectivity index is 2.02. The van der Waals surface area contributed by atoms with Crippen LogP contribution in [0.4, 0.5) is 5.82 Å². The number of carbonyl (C=O) groups is 1. The van der Waals surface area contributed by atoms with E-state index in [1.165, 1.54) is 0 Å². The van der Waals surface area contributed by atoms with Gasteiger partial charge in [0, 0.05) is 6.20 Å². The molecule has 5 heteroatoms. The summed E-state index contributed by atoms with van der Waals surface area (Å²) in [6, 6.07) is 9.41. The summed E-state index contributed by atoms with van der Waals surface area (Å²) in [6.07, 6.45) is 1.04. The highest BCUT2D eigenvalue weighted by Gasteiger charge is 2.16. The van der Waals surface area contributed by atoms with Crippen molar-refractivity contribution >= 4 is 27.7 Å². The molecule has 2 rings (SSSR count). The van der Waals surface area contributed by atoms with Crippen LogP contribution in [0.5, 0.6) is 5.75 Å². The topological polar surface area (TPSA) is 51.2 Å². The Labute approximate surface area is 132 Å². The van der Waals surface area contributed by atoms with Crippen molar-refractivity contribution in [3.63, 3.8) is 0 Å². The van der Waals surface area contributed by atoms with E-state index in [0.717, 1.165) is 15.6 Å². The summed E-state index contributed by atoms with van der Waals surface area (Å²) < 4.78 is 6.51. The molecule has 0 aliphatic rings. The van der Waals surface area contributed by atoms with Crippen LogP contribution in [0.25, 0.3) is 0 Å². The van der Waals surface area contributed by atoms with Gasteiger partial charge in [0.05, 0.1) is 4.47 Å². The molecular formula is C16H17BrN2O2. The smallest absolute Gasteiger partial charge is 0.266 e. The molecule has 1 aromatic heterocycles. The molecule has 0 fully saturated rings. The SMILES string of the molecule is Cc1ccnc(NC(=O)C(C)Oc2ccc(C)cc2Br)c1. The monoisotopic (exact) mass is 348 g/mol. The van der Waals surface area contributed by atoms with E-state index in [1.807, 2.05) is 44.2 Å². The molecule has 0 spiro atoms. The van der Waals surface area contributed by atoms with E-state index < -0.39 is 6.10 Å². The molecule has 0 bridgehead atoms. The van der Waals surface area contributed by atoms with Crippen LogP contribution in [0.3, 0.4) is 0 Å². The molecule has 2 aromatic rings. The Morgan fingerprint density at radius 1 is 1.24 bits per heavy atom. The number of hydrogen-bond acceptors (Lipinski definition) is 3. The number of ether oxygens (including phenoxy) is 1. The maximum absolute atomic E-state index is 12.1. The molecule has 0 saturated carbocycles. The van der Waals surface area contributed by atoms with Gasteiger partial charge in [-0.3, -0.25) is 4.79 Å². The lowest BCUT2D eigenvalue weighted by Crippen LogP contribution is -2.30. The lowest BCUT2D eigenvalue weighted by molar-refractivity contribution is -0.122. The number of halogens is 1. The average molecular weight is 349 g/mol. The zero-order valence-corrected chi connectivity index (χ0v) is 13.8. The largest absolute Gasteiger partial charge is 0.480 e. The Kier molecular flexibility index (Phi) is 4.96. The fourth-order valence-corrected chi connectivity index (χ4v) is 2.36. The predicted octanol–water partition coefficient (Wildman–Crippen LogP) is 3.87. The third kappa shape index (κ3) is 4.29. The van der Waals surface area contributed by atoms with Gasteiger partial charge in [-0.25, -0.2) is 4.98 Å². The quantitative estimate of drug-likeness (QED) is 0.912. The Morgan fingerprint density at radius 3 is 2.62 bits per heavy atom. The van der Waals surface area contributed by atoms with Crippen LogP contribution >= 0.6 is 15.9 Å². The van der Waals surface area contributed by atoms with Crippen LogP contribution in [-0.4, -0.2) is 17.0 Å². The van der Waals surface area contributed by atoms with Gasteiger partial charge < -0.3 is 10.1 Å². The number of nitrogens with one attached hydrogen (secondary N) is 1. The van der Waals surface area contributed by atoms with Crippen molar-refractivity contribution in [2.24, 2.45) is 0 Å². The molecule has 4 nitrogen and oxygen atoms in total. The maximum atomic E-state index is 12.1. The summed E-state index contributed by atoms with van der Waals surface area (Å²) >= 11 is 3.43. The summed E-state index contributed by atoms with van der Waals surface area (Å²) in [4.78, 5) is 16.2. The second kappa shape index (κ2) is 6.72. The third-order valence-corrected chi connectivity index (χ3v) is 3.55. The van der Waals surface area contributed by atoms with Gasteiger partial charge in [-0.05, 0) is 72.1 Å². The molecule has 1 atom stereocenters. The number of aryl methyl sites for hydroxylation is 2. The van der Waals surface area contributed by atoms with Crippen LogP contribution in [0, 0.1) is 13.8 Å². The van der Waals surface area contributed by atoms with Crippen molar-refractivity contribution in [1.82, 2.24) is 4.98 Å². The van der Waals surface area contributed by atoms with E-state index in [4.69, 9.17) is 4.74 Å². The zero-order chi connectivity index (χ0) is 15.4. The number of aromatic nitrogens is 1. The van der Waals surface area contributed by atoms with Gasteiger partial charge in [-0.15, -0.1) is 0 Å². The molecule has 1 heterocycles. The van der Waals surface area contributed by atoms with E-state index in [-0.39, 0.29) is 5.91 Å². The van der Waals surface area contributed by atoms with Gasteiger partial charge in [0.1, 0.15) is 11.6 Å². The summed E-state index contributed by atoms with van der Waals surface area (Å²) in [7, 11) is 0. The van der Waals surface area contributed by atoms with Gasteiger partial charge in [0.25, 0.3) is 5.91 Å². The fraction of sp³-hybridized carbons (Fsp3) is 0.250. The summed E-state index contributed by atoms with van der Waals surface area (Å²) in [5, 5.41) is 2.74. The molecule has 0 aliphatic heterocycles. The molecule has 21 heavy (non-hydrogen) atoms. The number of rotatable bonds is 4. The first-order valence-electron chi connectivity index (χ1n) is 6.62. The molecule has 1 N–H and O–H groups in total. The van der Waals surface area contributed by atoms with Gasteiger partial charge in [-0.2, -0.15) is 0 Å². The van der Waals surface area contributed by atoms with Crippen molar-refractivity contribution < 1.29 is 9.53 Å². The highest BCUT2D eigenvalue weighted by atomic mass is 79.9. The number of hydrogen-bond donors (Lipinski definition) is 1. The van der Waals surface area contributed by atoms with Gasteiger partial charge >= 0.3 is 0 Å². The number of carbonyl (C=O) groups excluding carboxylic acids is 1. The summed E-state index contributed by atoms with van der Waals surface area (Å²) in [6.45, 7) is 5.65. The molecule has 110 valence electrons. The highest BCUT2D eigenvalue weighted by molar-refractivity contribution is 9.10. The molecule has 0 aliphatic carbocycles. The Morgan fingerprint density at radius 2 is 1.95 bits per heavy atom. The number of anilines is 1. The predicted molar refractivity (Wildman–Crippen MR) is 86.6 cm³/mol. The minimum atomic E-state index is -0.619. The Hall–Kier alpha value is -1.88. The van der Waals surface area contributed by atoms with Crippen molar-refractivity contribution in [2.45, 2.75) is 26.9 Å². The van der Waals surface area contributed by atoms with Gasteiger partial charge in [0.15, 0.2) is 6.10 Å². The molecule has 1 aromatic carbocycles. The number of benzene rings is 1. The molecule has 1 amide bonds. The second-order valence-electron chi connectivity index (χ2n) is 4.90. The molecule has 0 saturated heterocycles. The fourth-order valence-electron chi connectivity index (χ4n) is 1.78. The van der Waals surface area contributed by atoms with E-state index in [2.05, 4.69) is 26.2 Å². The summed E-state index contributed by atoms with van der Waals surface area (Å²) in [5.74, 6) is 0.930. The third-order valence-electron chi connectivity index (χ3n) is 2.93. The molecule has 1 unspecified atom stereocenters. The maximum Gasteiger partial charge on any atom is 0.266 e. The van der Waals surface area contributed by atoms with Crippen LogP contribution in [-0.2, 0) is 4.79 Å². The van der Waals surface area contributed by atoms with Gasteiger partial charge in [-0.1, -0.05) is 6.07 Å². The lowest BCUT2D eigenvalue weighted by atomic mass is 10.2.